The number of benzene rings is 1. The monoisotopic (exact) mass is 247 g/mol. The van der Waals surface area contributed by atoms with Gasteiger partial charge in [-0.3, -0.25) is 4.79 Å². The molecule has 1 amide bonds. The van der Waals surface area contributed by atoms with Gasteiger partial charge in [0.05, 0.1) is 5.60 Å². The number of hydrogen-bond donors (Lipinski definition) is 1. The van der Waals surface area contributed by atoms with Crippen LogP contribution in [0.3, 0.4) is 0 Å². The van der Waals surface area contributed by atoms with E-state index < -0.39 is 5.60 Å². The van der Waals surface area contributed by atoms with Gasteiger partial charge in [-0.25, -0.2) is 0 Å². The van der Waals surface area contributed by atoms with Crippen LogP contribution in [0.25, 0.3) is 0 Å². The Labute approximate surface area is 108 Å². The second kappa shape index (κ2) is 5.11. The summed E-state index contributed by atoms with van der Waals surface area (Å²) in [6, 6.07) is 9.78. The maximum absolute atomic E-state index is 11.7. The Hall–Kier alpha value is -1.35. The van der Waals surface area contributed by atoms with Crippen molar-refractivity contribution in [3.63, 3.8) is 0 Å². The molecule has 98 valence electrons. The SMILES string of the molecule is CCC(=O)N1CC[C@@](O)(c2ccccc2)[C@H](C)C1. The molecule has 18 heavy (non-hydrogen) atoms. The highest BCUT2D eigenvalue weighted by atomic mass is 16.3. The molecular weight excluding hydrogens is 226 g/mol. The number of carbonyl (C=O) groups excluding carboxylic acids is 1. The van der Waals surface area contributed by atoms with Gasteiger partial charge in [0.1, 0.15) is 0 Å². The zero-order chi connectivity index (χ0) is 13.2. The van der Waals surface area contributed by atoms with Gasteiger partial charge in [0.15, 0.2) is 0 Å². The Balaban J connectivity index is 2.16. The van der Waals surface area contributed by atoms with Crippen LogP contribution in [0.2, 0.25) is 0 Å². The summed E-state index contributed by atoms with van der Waals surface area (Å²) < 4.78 is 0. The second-order valence-corrected chi connectivity index (χ2v) is 5.13. The van der Waals surface area contributed by atoms with E-state index in [1.54, 1.807) is 0 Å². The molecule has 3 nitrogen and oxygen atoms in total. The highest BCUT2D eigenvalue weighted by Gasteiger charge is 2.40. The second-order valence-electron chi connectivity index (χ2n) is 5.13. The lowest BCUT2D eigenvalue weighted by molar-refractivity contribution is -0.139. The van der Waals surface area contributed by atoms with Gasteiger partial charge in [-0.1, -0.05) is 44.2 Å². The van der Waals surface area contributed by atoms with Crippen LogP contribution >= 0.6 is 0 Å². The molecule has 0 saturated carbocycles. The fourth-order valence-corrected chi connectivity index (χ4v) is 2.73. The maximum atomic E-state index is 11.7. The van der Waals surface area contributed by atoms with Crippen LogP contribution in [0, 0.1) is 5.92 Å². The van der Waals surface area contributed by atoms with Crippen LogP contribution in [0.4, 0.5) is 0 Å². The van der Waals surface area contributed by atoms with E-state index in [1.165, 1.54) is 0 Å². The van der Waals surface area contributed by atoms with Crippen LogP contribution in [0.15, 0.2) is 30.3 Å². The van der Waals surface area contributed by atoms with Gasteiger partial charge in [-0.2, -0.15) is 0 Å². The fourth-order valence-electron chi connectivity index (χ4n) is 2.73. The van der Waals surface area contributed by atoms with Gasteiger partial charge >= 0.3 is 0 Å². The molecule has 2 rings (SSSR count). The van der Waals surface area contributed by atoms with Gasteiger partial charge in [-0.05, 0) is 12.0 Å². The molecule has 0 spiro atoms. The zero-order valence-corrected chi connectivity index (χ0v) is 11.1. The lowest BCUT2D eigenvalue weighted by Gasteiger charge is -2.43. The Morgan fingerprint density at radius 1 is 1.44 bits per heavy atom. The summed E-state index contributed by atoms with van der Waals surface area (Å²) >= 11 is 0. The van der Waals surface area contributed by atoms with E-state index in [9.17, 15) is 9.90 Å². The Morgan fingerprint density at radius 3 is 2.67 bits per heavy atom. The molecule has 1 N–H and O–H groups in total. The minimum atomic E-state index is -0.800. The van der Waals surface area contributed by atoms with Crippen LogP contribution < -0.4 is 0 Å². The van der Waals surface area contributed by atoms with Crippen LogP contribution in [0.1, 0.15) is 32.3 Å². The molecule has 1 saturated heterocycles. The molecule has 1 aliphatic heterocycles. The normalized spacial score (nSPS) is 28.2. The van der Waals surface area contributed by atoms with Crippen molar-refractivity contribution in [3.8, 4) is 0 Å². The predicted molar refractivity (Wildman–Crippen MR) is 71.0 cm³/mol. The minimum absolute atomic E-state index is 0.0594. The van der Waals surface area contributed by atoms with Crippen molar-refractivity contribution < 1.29 is 9.90 Å². The molecule has 3 heteroatoms. The minimum Gasteiger partial charge on any atom is -0.385 e. The van der Waals surface area contributed by atoms with Crippen molar-refractivity contribution >= 4 is 5.91 Å². The van der Waals surface area contributed by atoms with Crippen LogP contribution in [-0.4, -0.2) is 29.0 Å². The first-order valence-electron chi connectivity index (χ1n) is 6.63. The van der Waals surface area contributed by atoms with Crippen molar-refractivity contribution in [1.29, 1.82) is 0 Å². The van der Waals surface area contributed by atoms with Gasteiger partial charge in [0, 0.05) is 25.4 Å². The highest BCUT2D eigenvalue weighted by Crippen LogP contribution is 2.37. The summed E-state index contributed by atoms with van der Waals surface area (Å²) in [5, 5.41) is 10.8. The number of hydrogen-bond acceptors (Lipinski definition) is 2. The molecule has 1 aromatic carbocycles. The molecular formula is C15H21NO2. The van der Waals surface area contributed by atoms with E-state index >= 15 is 0 Å². The molecule has 0 aromatic heterocycles. The first-order valence-corrected chi connectivity index (χ1v) is 6.63. The molecule has 1 aliphatic rings. The summed E-state index contributed by atoms with van der Waals surface area (Å²) in [5.41, 5.74) is 0.160. The summed E-state index contributed by atoms with van der Waals surface area (Å²) in [6.45, 7) is 5.17. The summed E-state index contributed by atoms with van der Waals surface area (Å²) in [5.74, 6) is 0.237. The Kier molecular flexibility index (Phi) is 3.71. The molecule has 2 atom stereocenters. The molecule has 1 aromatic rings. The lowest BCUT2D eigenvalue weighted by Crippen LogP contribution is -2.50. The first-order chi connectivity index (χ1) is 8.58. The third-order valence-corrected chi connectivity index (χ3v) is 4.00. The van der Waals surface area contributed by atoms with Gasteiger partial charge < -0.3 is 10.0 Å². The topological polar surface area (TPSA) is 40.5 Å². The summed E-state index contributed by atoms with van der Waals surface area (Å²) in [4.78, 5) is 13.6. The number of likely N-dealkylation sites (tertiary alicyclic amines) is 1. The third-order valence-electron chi connectivity index (χ3n) is 4.00. The fraction of sp³-hybridized carbons (Fsp3) is 0.533. The van der Waals surface area contributed by atoms with E-state index in [-0.39, 0.29) is 11.8 Å². The standard InChI is InChI=1S/C15H21NO2/c1-3-14(17)16-10-9-15(18,12(2)11-16)13-7-5-4-6-8-13/h4-8,12,18H,3,9-11H2,1-2H3/t12-,15+/m1/s1. The van der Waals surface area contributed by atoms with Crippen molar-refractivity contribution in [2.45, 2.75) is 32.3 Å². The maximum Gasteiger partial charge on any atom is 0.222 e. The van der Waals surface area contributed by atoms with E-state index in [1.807, 2.05) is 49.1 Å². The van der Waals surface area contributed by atoms with E-state index in [0.717, 1.165) is 5.56 Å². The Morgan fingerprint density at radius 2 is 2.11 bits per heavy atom. The zero-order valence-electron chi connectivity index (χ0n) is 11.1. The van der Waals surface area contributed by atoms with Crippen molar-refractivity contribution in [2.75, 3.05) is 13.1 Å². The third kappa shape index (κ3) is 2.27. The van der Waals surface area contributed by atoms with Crippen molar-refractivity contribution in [2.24, 2.45) is 5.92 Å². The van der Waals surface area contributed by atoms with Crippen LogP contribution in [-0.2, 0) is 10.4 Å². The Bertz CT molecular complexity index is 418. The average Bonchev–Trinajstić information content (AvgIpc) is 2.42. The van der Waals surface area contributed by atoms with Crippen LogP contribution in [0.5, 0.6) is 0 Å². The highest BCUT2D eigenvalue weighted by molar-refractivity contribution is 5.76. The van der Waals surface area contributed by atoms with Gasteiger partial charge in [0.25, 0.3) is 0 Å². The largest absolute Gasteiger partial charge is 0.385 e. The van der Waals surface area contributed by atoms with Crippen molar-refractivity contribution in [1.82, 2.24) is 4.90 Å². The number of rotatable bonds is 2. The van der Waals surface area contributed by atoms with E-state index in [4.69, 9.17) is 0 Å². The summed E-state index contributed by atoms with van der Waals surface area (Å²) in [7, 11) is 0. The molecule has 1 fully saturated rings. The number of amides is 1. The number of carbonyl (C=O) groups is 1. The van der Waals surface area contributed by atoms with Crippen molar-refractivity contribution in [3.05, 3.63) is 35.9 Å². The first kappa shape index (κ1) is 13.1. The van der Waals surface area contributed by atoms with Gasteiger partial charge in [-0.15, -0.1) is 0 Å². The molecule has 1 heterocycles. The number of piperidine rings is 1. The predicted octanol–water partition coefficient (Wildman–Crippen LogP) is 2.15. The number of nitrogens with zero attached hydrogens (tertiary/aromatic N) is 1. The molecule has 0 aliphatic carbocycles. The van der Waals surface area contributed by atoms with Gasteiger partial charge in [0.2, 0.25) is 5.91 Å². The summed E-state index contributed by atoms with van der Waals surface area (Å²) in [6.07, 6.45) is 1.15. The average molecular weight is 247 g/mol. The smallest absolute Gasteiger partial charge is 0.222 e. The molecule has 0 unspecified atom stereocenters. The quantitative estimate of drug-likeness (QED) is 0.870. The molecule has 0 bridgehead atoms. The lowest BCUT2D eigenvalue weighted by atomic mass is 9.77. The number of aliphatic hydroxyl groups is 1. The van der Waals surface area contributed by atoms with E-state index in [0.29, 0.717) is 25.9 Å². The molecule has 0 radical (unpaired) electrons. The van der Waals surface area contributed by atoms with E-state index in [2.05, 4.69) is 0 Å².